The van der Waals surface area contributed by atoms with Crippen molar-refractivity contribution in [3.8, 4) is 0 Å². The fourth-order valence-corrected chi connectivity index (χ4v) is 6.01. The molecule has 0 spiro atoms. The van der Waals surface area contributed by atoms with Crippen LogP contribution in [0.4, 0.5) is 11.4 Å². The molecule has 250 valence electrons. The summed E-state index contributed by atoms with van der Waals surface area (Å²) in [5.41, 5.74) is 8.98. The van der Waals surface area contributed by atoms with E-state index in [4.69, 9.17) is 15.9 Å². The summed E-state index contributed by atoms with van der Waals surface area (Å²) >= 11 is 0.982. The number of rotatable bonds is 10. The minimum Gasteiger partial charge on any atom is -0.378 e. The van der Waals surface area contributed by atoms with Crippen LogP contribution in [-0.4, -0.2) is 90.6 Å². The monoisotopic (exact) mass is 667 g/mol. The molecule has 0 saturated carbocycles. The third-order valence-electron chi connectivity index (χ3n) is 8.13. The van der Waals surface area contributed by atoms with Crippen molar-refractivity contribution >= 4 is 50.9 Å². The summed E-state index contributed by atoms with van der Waals surface area (Å²) in [6.45, 7) is 4.34. The predicted octanol–water partition coefficient (Wildman–Crippen LogP) is 5.06. The Bertz CT molecular complexity index is 1680. The molecule has 0 aromatic heterocycles. The van der Waals surface area contributed by atoms with Gasteiger partial charge in [-0.15, -0.1) is 0 Å². The van der Waals surface area contributed by atoms with Gasteiger partial charge in [-0.3, -0.25) is 24.8 Å². The van der Waals surface area contributed by atoms with Crippen molar-refractivity contribution in [3.63, 3.8) is 0 Å². The van der Waals surface area contributed by atoms with Gasteiger partial charge in [-0.25, -0.2) is 0 Å². The fraction of sp³-hybridized carbons (Fsp3) is 0.306. The highest BCUT2D eigenvalue weighted by Gasteiger charge is 2.20. The molecule has 0 aliphatic carbocycles. The highest BCUT2D eigenvalue weighted by molar-refractivity contribution is 8.26. The molecule has 12 heteroatoms. The average Bonchev–Trinajstić information content (AvgIpc) is 3.13. The number of aliphatic imine (C=N–C) groups is 1. The van der Waals surface area contributed by atoms with Gasteiger partial charge in [-0.05, 0) is 67.4 Å². The van der Waals surface area contributed by atoms with Gasteiger partial charge in [0.25, 0.3) is 11.8 Å². The standard InChI is InChI=1S/C36H41N7O4S/c1-41(17-18-42-19-21-47-22-20-42)35(46)28-12-8-11-27(23-28)34(45)40-31-14-13-29(43-15-6-3-7-16-43)24-30(31)32(44)25-39-36(38)48-33(37)26-9-4-2-5-10-26/h2,4-5,8-14,17-18,23-24,37H,3,6-7,15-16,19-22,25H2,1H3,(H2,38,39)(H,40,45)/b18-17+,37-33?. The summed E-state index contributed by atoms with van der Waals surface area (Å²) in [4.78, 5) is 50.4. The maximum atomic E-state index is 13.6. The van der Waals surface area contributed by atoms with Crippen molar-refractivity contribution in [2.75, 3.05) is 63.2 Å². The molecule has 2 fully saturated rings. The molecule has 48 heavy (non-hydrogen) atoms. The number of nitrogens with zero attached hydrogens (tertiary/aromatic N) is 4. The van der Waals surface area contributed by atoms with Gasteiger partial charge in [0.2, 0.25) is 0 Å². The predicted molar refractivity (Wildman–Crippen MR) is 192 cm³/mol. The smallest absolute Gasteiger partial charge is 0.257 e. The normalized spacial score (nSPS) is 15.3. The molecule has 0 unspecified atom stereocenters. The number of thioether (sulfide) groups is 1. The molecule has 3 aromatic carbocycles. The first kappa shape index (κ1) is 34.4. The minimum absolute atomic E-state index is 0.0983. The lowest BCUT2D eigenvalue weighted by Crippen LogP contribution is -2.33. The lowest BCUT2D eigenvalue weighted by atomic mass is 10.0. The van der Waals surface area contributed by atoms with Crippen molar-refractivity contribution < 1.29 is 19.1 Å². The van der Waals surface area contributed by atoms with Crippen LogP contribution >= 0.6 is 11.8 Å². The Morgan fingerprint density at radius 1 is 0.938 bits per heavy atom. The lowest BCUT2D eigenvalue weighted by molar-refractivity contribution is 0.0586. The number of amidine groups is 1. The second kappa shape index (κ2) is 16.8. The van der Waals surface area contributed by atoms with E-state index >= 15 is 0 Å². The number of hydrogen-bond acceptors (Lipinski definition) is 9. The molecule has 2 heterocycles. The van der Waals surface area contributed by atoms with Gasteiger partial charge in [-0.2, -0.15) is 0 Å². The Balaban J connectivity index is 1.31. The van der Waals surface area contributed by atoms with Crippen LogP contribution in [0.3, 0.4) is 0 Å². The SMILES string of the molecule is CN(/C=C/N1CCOCC1)C(=O)c1cccc(C(=O)Nc2ccc(N3CCCCC3)cc2C(=O)CN=C(N)SC(=N)c2ccccc2)c1. The molecular formula is C36H41N7O4S. The average molecular weight is 668 g/mol. The lowest BCUT2D eigenvalue weighted by Gasteiger charge is -2.29. The highest BCUT2D eigenvalue weighted by atomic mass is 32.2. The number of anilines is 2. The van der Waals surface area contributed by atoms with Crippen molar-refractivity contribution in [1.29, 1.82) is 5.41 Å². The summed E-state index contributed by atoms with van der Waals surface area (Å²) in [5.74, 6) is -1.04. The molecule has 4 N–H and O–H groups in total. The van der Waals surface area contributed by atoms with Crippen LogP contribution in [0.2, 0.25) is 0 Å². The zero-order chi connectivity index (χ0) is 33.9. The van der Waals surface area contributed by atoms with E-state index in [9.17, 15) is 14.4 Å². The number of carbonyl (C=O) groups is 3. The summed E-state index contributed by atoms with van der Waals surface area (Å²) < 4.78 is 5.37. The van der Waals surface area contributed by atoms with E-state index in [1.807, 2.05) is 42.6 Å². The number of Topliss-reactive ketones (excluding diaryl/α,β-unsaturated/α-hetero) is 1. The number of piperidine rings is 1. The van der Waals surface area contributed by atoms with E-state index in [2.05, 4.69) is 20.1 Å². The van der Waals surface area contributed by atoms with Gasteiger partial charge in [0.05, 0.1) is 18.9 Å². The Morgan fingerprint density at radius 2 is 1.65 bits per heavy atom. The van der Waals surface area contributed by atoms with E-state index in [1.165, 1.54) is 11.3 Å². The van der Waals surface area contributed by atoms with Gasteiger partial charge >= 0.3 is 0 Å². The molecule has 0 atom stereocenters. The van der Waals surface area contributed by atoms with Crippen LogP contribution in [0.1, 0.15) is 55.9 Å². The van der Waals surface area contributed by atoms with Crippen LogP contribution < -0.4 is 16.0 Å². The first-order chi connectivity index (χ1) is 23.3. The molecule has 11 nitrogen and oxygen atoms in total. The fourth-order valence-electron chi connectivity index (χ4n) is 5.42. The maximum absolute atomic E-state index is 13.6. The van der Waals surface area contributed by atoms with E-state index in [0.717, 1.165) is 56.5 Å². The van der Waals surface area contributed by atoms with Crippen molar-refractivity contribution in [2.24, 2.45) is 10.7 Å². The zero-order valence-electron chi connectivity index (χ0n) is 27.1. The molecule has 3 aromatic rings. The quantitative estimate of drug-likeness (QED) is 0.155. The number of nitrogens with two attached hydrogens (primary N) is 1. The van der Waals surface area contributed by atoms with Gasteiger partial charge in [-0.1, -0.05) is 36.4 Å². The molecule has 2 saturated heterocycles. The second-order valence-electron chi connectivity index (χ2n) is 11.5. The number of nitrogens with one attached hydrogen (secondary N) is 2. The number of ketones is 1. The van der Waals surface area contributed by atoms with Crippen LogP contribution in [0.5, 0.6) is 0 Å². The van der Waals surface area contributed by atoms with Gasteiger partial charge < -0.3 is 30.5 Å². The topological polar surface area (TPSA) is 144 Å². The third-order valence-corrected chi connectivity index (χ3v) is 8.91. The van der Waals surface area contributed by atoms with Crippen molar-refractivity contribution in [2.45, 2.75) is 19.3 Å². The third kappa shape index (κ3) is 9.33. The summed E-state index contributed by atoms with van der Waals surface area (Å²) in [6, 6.07) is 21.1. The number of amides is 2. The number of morpholine rings is 1. The van der Waals surface area contributed by atoms with Crippen LogP contribution in [0.25, 0.3) is 0 Å². The number of hydrogen-bond donors (Lipinski definition) is 3. The molecule has 2 aliphatic rings. The van der Waals surface area contributed by atoms with Crippen LogP contribution in [0, 0.1) is 5.41 Å². The number of benzene rings is 3. The number of ether oxygens (including phenoxy) is 1. The Labute approximate surface area is 285 Å². The van der Waals surface area contributed by atoms with E-state index < -0.39 is 5.91 Å². The maximum Gasteiger partial charge on any atom is 0.257 e. The molecule has 5 rings (SSSR count). The Morgan fingerprint density at radius 3 is 2.40 bits per heavy atom. The minimum atomic E-state index is -0.453. The van der Waals surface area contributed by atoms with Gasteiger partial charge in [0, 0.05) is 73.6 Å². The zero-order valence-corrected chi connectivity index (χ0v) is 27.9. The Hall–Kier alpha value is -4.94. The van der Waals surface area contributed by atoms with Crippen LogP contribution in [-0.2, 0) is 4.74 Å². The van der Waals surface area contributed by atoms with Gasteiger partial charge in [0.15, 0.2) is 11.0 Å². The molecule has 2 aliphatic heterocycles. The molecule has 0 bridgehead atoms. The molecular weight excluding hydrogens is 627 g/mol. The second-order valence-corrected chi connectivity index (χ2v) is 12.6. The first-order valence-corrected chi connectivity index (χ1v) is 16.8. The van der Waals surface area contributed by atoms with E-state index in [-0.39, 0.29) is 34.0 Å². The van der Waals surface area contributed by atoms with Crippen molar-refractivity contribution in [3.05, 3.63) is 107 Å². The summed E-state index contributed by atoms with van der Waals surface area (Å²) in [7, 11) is 1.67. The summed E-state index contributed by atoms with van der Waals surface area (Å²) in [6.07, 6.45) is 6.88. The number of carbonyl (C=O) groups excluding carboxylic acids is 3. The summed E-state index contributed by atoms with van der Waals surface area (Å²) in [5, 5.41) is 11.5. The van der Waals surface area contributed by atoms with Crippen molar-refractivity contribution in [1.82, 2.24) is 9.80 Å². The van der Waals surface area contributed by atoms with E-state index in [0.29, 0.717) is 35.6 Å². The van der Waals surface area contributed by atoms with E-state index in [1.54, 1.807) is 49.6 Å². The highest BCUT2D eigenvalue weighted by Crippen LogP contribution is 2.27. The Kier molecular flexibility index (Phi) is 12.0. The molecule has 0 radical (unpaired) electrons. The van der Waals surface area contributed by atoms with Gasteiger partial charge in [0.1, 0.15) is 11.6 Å². The first-order valence-electron chi connectivity index (χ1n) is 16.0. The largest absolute Gasteiger partial charge is 0.378 e. The van der Waals surface area contributed by atoms with Crippen LogP contribution in [0.15, 0.2) is 90.2 Å². The molecule has 2 amide bonds.